The third kappa shape index (κ3) is 4.11. The predicted octanol–water partition coefficient (Wildman–Crippen LogP) is 3.58. The molecule has 3 heterocycles. The van der Waals surface area contributed by atoms with Gasteiger partial charge in [0.1, 0.15) is 5.75 Å². The van der Waals surface area contributed by atoms with E-state index in [0.717, 1.165) is 63.1 Å². The fourth-order valence-electron chi connectivity index (χ4n) is 4.63. The van der Waals surface area contributed by atoms with Gasteiger partial charge in [0.25, 0.3) is 0 Å². The molecule has 2 saturated heterocycles. The first-order valence-electron chi connectivity index (χ1n) is 9.86. The van der Waals surface area contributed by atoms with E-state index >= 15 is 0 Å². The first kappa shape index (κ1) is 19.0. The molecular formula is C20H31N3O3. The second-order valence-corrected chi connectivity index (χ2v) is 7.47. The summed E-state index contributed by atoms with van der Waals surface area (Å²) in [5.41, 5.74) is 1.08. The van der Waals surface area contributed by atoms with Gasteiger partial charge in [0, 0.05) is 30.7 Å². The zero-order valence-electron chi connectivity index (χ0n) is 15.9. The fourth-order valence-corrected chi connectivity index (χ4v) is 4.63. The molecule has 1 N–H and O–H groups in total. The molecule has 0 saturated carbocycles. The Bertz CT molecular complexity index is 602. The van der Waals surface area contributed by atoms with Gasteiger partial charge in [0.05, 0.1) is 12.8 Å². The first-order valence-corrected chi connectivity index (χ1v) is 9.86. The summed E-state index contributed by atoms with van der Waals surface area (Å²) < 4.78 is 5.48. The van der Waals surface area contributed by atoms with Crippen LogP contribution in [0.2, 0.25) is 0 Å². The van der Waals surface area contributed by atoms with Crippen molar-refractivity contribution in [3.05, 3.63) is 24.0 Å². The molecule has 0 aromatic carbocycles. The van der Waals surface area contributed by atoms with E-state index in [1.54, 1.807) is 12.0 Å². The SMILES string of the molecule is CCC1CC(N2CCC(c3ncccc3OC)CC2)CCCN1C(=O)O. The highest BCUT2D eigenvalue weighted by molar-refractivity contribution is 5.65. The lowest BCUT2D eigenvalue weighted by molar-refractivity contribution is 0.105. The lowest BCUT2D eigenvalue weighted by Gasteiger charge is -2.38. The van der Waals surface area contributed by atoms with Crippen molar-refractivity contribution in [1.29, 1.82) is 0 Å². The van der Waals surface area contributed by atoms with Crippen molar-refractivity contribution in [1.82, 2.24) is 14.8 Å². The highest BCUT2D eigenvalue weighted by Gasteiger charge is 2.33. The van der Waals surface area contributed by atoms with Crippen LogP contribution in [0.1, 0.15) is 57.1 Å². The molecule has 2 atom stereocenters. The maximum atomic E-state index is 11.5. The lowest BCUT2D eigenvalue weighted by Crippen LogP contribution is -2.44. The summed E-state index contributed by atoms with van der Waals surface area (Å²) in [6, 6.07) is 4.55. The normalized spacial score (nSPS) is 25.7. The fraction of sp³-hybridized carbons (Fsp3) is 0.700. The molecule has 0 spiro atoms. The van der Waals surface area contributed by atoms with Gasteiger partial charge in [-0.1, -0.05) is 6.92 Å². The predicted molar refractivity (Wildman–Crippen MR) is 101 cm³/mol. The Morgan fingerprint density at radius 2 is 2.08 bits per heavy atom. The molecule has 2 unspecified atom stereocenters. The van der Waals surface area contributed by atoms with E-state index in [1.165, 1.54) is 0 Å². The van der Waals surface area contributed by atoms with Crippen molar-refractivity contribution >= 4 is 6.09 Å². The number of ether oxygens (including phenoxy) is 1. The van der Waals surface area contributed by atoms with Crippen molar-refractivity contribution in [2.75, 3.05) is 26.7 Å². The molecule has 0 bridgehead atoms. The Morgan fingerprint density at radius 1 is 1.31 bits per heavy atom. The molecule has 3 rings (SSSR count). The van der Waals surface area contributed by atoms with Crippen LogP contribution in [-0.2, 0) is 0 Å². The van der Waals surface area contributed by atoms with E-state index in [2.05, 4.69) is 16.8 Å². The number of carbonyl (C=O) groups is 1. The molecule has 1 aromatic rings. The van der Waals surface area contributed by atoms with Gasteiger partial charge >= 0.3 is 6.09 Å². The van der Waals surface area contributed by atoms with E-state index < -0.39 is 6.09 Å². The van der Waals surface area contributed by atoms with E-state index in [4.69, 9.17) is 4.74 Å². The molecule has 1 aromatic heterocycles. The minimum absolute atomic E-state index is 0.147. The summed E-state index contributed by atoms with van der Waals surface area (Å²) in [6.07, 6.45) is 7.16. The van der Waals surface area contributed by atoms with Gasteiger partial charge in [-0.3, -0.25) is 4.98 Å². The summed E-state index contributed by atoms with van der Waals surface area (Å²) in [4.78, 5) is 20.3. The van der Waals surface area contributed by atoms with Gasteiger partial charge in [-0.25, -0.2) is 4.79 Å². The summed E-state index contributed by atoms with van der Waals surface area (Å²) in [5.74, 6) is 1.34. The summed E-state index contributed by atoms with van der Waals surface area (Å²) in [7, 11) is 1.71. The molecule has 6 nitrogen and oxygen atoms in total. The van der Waals surface area contributed by atoms with Crippen LogP contribution in [0.4, 0.5) is 4.79 Å². The second kappa shape index (κ2) is 8.71. The van der Waals surface area contributed by atoms with Gasteiger partial charge in [-0.15, -0.1) is 0 Å². The molecule has 2 aliphatic rings. The Kier molecular flexibility index (Phi) is 6.35. The summed E-state index contributed by atoms with van der Waals surface area (Å²) in [5, 5.41) is 9.47. The van der Waals surface area contributed by atoms with Gasteiger partial charge in [0.15, 0.2) is 0 Å². The molecule has 2 fully saturated rings. The first-order chi connectivity index (χ1) is 12.6. The number of hydrogen-bond donors (Lipinski definition) is 1. The van der Waals surface area contributed by atoms with Gasteiger partial charge in [0.2, 0.25) is 0 Å². The monoisotopic (exact) mass is 361 g/mol. The Morgan fingerprint density at radius 3 is 2.73 bits per heavy atom. The number of methoxy groups -OCH3 is 1. The minimum atomic E-state index is -0.765. The molecular weight excluding hydrogens is 330 g/mol. The number of hydrogen-bond acceptors (Lipinski definition) is 4. The maximum Gasteiger partial charge on any atom is 0.407 e. The number of piperidine rings is 1. The molecule has 6 heteroatoms. The van der Waals surface area contributed by atoms with E-state index in [0.29, 0.717) is 18.5 Å². The van der Waals surface area contributed by atoms with Gasteiger partial charge < -0.3 is 19.6 Å². The number of rotatable bonds is 4. The molecule has 0 radical (unpaired) electrons. The van der Waals surface area contributed by atoms with Crippen LogP contribution in [0, 0.1) is 0 Å². The lowest BCUT2D eigenvalue weighted by atomic mass is 9.90. The van der Waals surface area contributed by atoms with Crippen LogP contribution >= 0.6 is 0 Å². The highest BCUT2D eigenvalue weighted by Crippen LogP contribution is 2.34. The third-order valence-corrected chi connectivity index (χ3v) is 6.09. The maximum absolute atomic E-state index is 11.5. The molecule has 1 amide bonds. The molecule has 26 heavy (non-hydrogen) atoms. The smallest absolute Gasteiger partial charge is 0.407 e. The number of aromatic nitrogens is 1. The average molecular weight is 361 g/mol. The Labute approximate surface area is 156 Å². The van der Waals surface area contributed by atoms with E-state index in [-0.39, 0.29) is 6.04 Å². The van der Waals surface area contributed by atoms with Crippen LogP contribution in [0.25, 0.3) is 0 Å². The minimum Gasteiger partial charge on any atom is -0.495 e. The average Bonchev–Trinajstić information content (AvgIpc) is 2.90. The summed E-state index contributed by atoms with van der Waals surface area (Å²) >= 11 is 0. The van der Waals surface area contributed by atoms with Crippen LogP contribution in [-0.4, -0.2) is 64.8 Å². The number of pyridine rings is 1. The van der Waals surface area contributed by atoms with Crippen molar-refractivity contribution in [2.24, 2.45) is 0 Å². The Balaban J connectivity index is 1.61. The van der Waals surface area contributed by atoms with Crippen LogP contribution < -0.4 is 4.74 Å². The number of amides is 1. The van der Waals surface area contributed by atoms with E-state index in [9.17, 15) is 9.90 Å². The van der Waals surface area contributed by atoms with Crippen molar-refractivity contribution in [3.8, 4) is 5.75 Å². The standard InChI is InChI=1S/C20H31N3O3/c1-3-16-14-17(6-5-11-23(16)20(24)25)22-12-8-15(9-13-22)19-18(26-2)7-4-10-21-19/h4,7,10,15-17H,3,5-6,8-9,11-14H2,1-2H3,(H,24,25). The molecule has 0 aliphatic carbocycles. The molecule has 144 valence electrons. The third-order valence-electron chi connectivity index (χ3n) is 6.09. The highest BCUT2D eigenvalue weighted by atomic mass is 16.5. The topological polar surface area (TPSA) is 65.9 Å². The number of carboxylic acid groups (broad SMARTS) is 1. The molecule has 2 aliphatic heterocycles. The Hall–Kier alpha value is -1.82. The van der Waals surface area contributed by atoms with E-state index in [1.807, 2.05) is 18.3 Å². The van der Waals surface area contributed by atoms with Crippen molar-refractivity contribution in [2.45, 2.75) is 63.5 Å². The zero-order valence-corrected chi connectivity index (χ0v) is 15.9. The van der Waals surface area contributed by atoms with Gasteiger partial charge in [-0.05, 0) is 63.7 Å². The van der Waals surface area contributed by atoms with Crippen LogP contribution in [0.5, 0.6) is 5.75 Å². The quantitative estimate of drug-likeness (QED) is 0.888. The van der Waals surface area contributed by atoms with Crippen LogP contribution in [0.15, 0.2) is 18.3 Å². The second-order valence-electron chi connectivity index (χ2n) is 7.47. The van der Waals surface area contributed by atoms with Crippen LogP contribution in [0.3, 0.4) is 0 Å². The zero-order chi connectivity index (χ0) is 18.5. The van der Waals surface area contributed by atoms with Crippen molar-refractivity contribution in [3.63, 3.8) is 0 Å². The van der Waals surface area contributed by atoms with Crippen molar-refractivity contribution < 1.29 is 14.6 Å². The number of nitrogens with zero attached hydrogens (tertiary/aromatic N) is 3. The van der Waals surface area contributed by atoms with Gasteiger partial charge in [-0.2, -0.15) is 0 Å². The summed E-state index contributed by atoms with van der Waals surface area (Å²) in [6.45, 7) is 4.88. The number of likely N-dealkylation sites (tertiary alicyclic amines) is 2. The largest absolute Gasteiger partial charge is 0.495 e.